The molecule has 1 aromatic carbocycles. The summed E-state index contributed by atoms with van der Waals surface area (Å²) in [5, 5.41) is 1.06. The Morgan fingerprint density at radius 1 is 1.40 bits per heavy atom. The van der Waals surface area contributed by atoms with E-state index in [0.717, 1.165) is 16.5 Å². The number of pyridine rings is 1. The molecule has 0 amide bonds. The number of fused-ring (bicyclic) bond motifs is 1. The number of aliphatic imine (C=N–C) groups is 1. The number of aromatic nitrogens is 1. The molecule has 0 spiro atoms. The summed E-state index contributed by atoms with van der Waals surface area (Å²) in [5.41, 5.74) is 1.95. The highest BCUT2D eigenvalue weighted by Crippen LogP contribution is 2.20. The van der Waals surface area contributed by atoms with Gasteiger partial charge in [-0.05, 0) is 30.7 Å². The van der Waals surface area contributed by atoms with Crippen LogP contribution in [0.25, 0.3) is 10.9 Å². The monoisotopic (exact) mass is 198 g/mol. The average molecular weight is 198 g/mol. The second-order valence-electron chi connectivity index (χ2n) is 3.35. The van der Waals surface area contributed by atoms with Crippen molar-refractivity contribution in [1.29, 1.82) is 0 Å². The van der Waals surface area contributed by atoms with Crippen LogP contribution < -0.4 is 0 Å². The molecule has 0 bridgehead atoms. The van der Waals surface area contributed by atoms with Crippen molar-refractivity contribution in [3.05, 3.63) is 42.1 Å². The third-order valence-corrected chi connectivity index (χ3v) is 2.36. The number of hydrogen-bond acceptors (Lipinski definition) is 3. The summed E-state index contributed by atoms with van der Waals surface area (Å²) < 4.78 is 0. The van der Waals surface area contributed by atoms with Crippen LogP contribution in [0.2, 0.25) is 0 Å². The Bertz CT molecular complexity index is 530. The molecule has 2 aromatic rings. The van der Waals surface area contributed by atoms with Gasteiger partial charge in [-0.25, -0.2) is 4.79 Å². The van der Waals surface area contributed by atoms with E-state index in [-0.39, 0.29) is 6.04 Å². The Morgan fingerprint density at radius 2 is 2.27 bits per heavy atom. The SMILES string of the molecule is CC(N=C=O)c1ccc2ncccc2c1. The fourth-order valence-corrected chi connectivity index (χ4v) is 1.51. The Kier molecular flexibility index (Phi) is 2.57. The number of hydrogen-bond donors (Lipinski definition) is 0. The summed E-state index contributed by atoms with van der Waals surface area (Å²) in [6.45, 7) is 1.86. The molecule has 2 rings (SSSR count). The molecule has 3 nitrogen and oxygen atoms in total. The van der Waals surface area contributed by atoms with Crippen molar-refractivity contribution < 1.29 is 4.79 Å². The highest BCUT2D eigenvalue weighted by molar-refractivity contribution is 5.79. The van der Waals surface area contributed by atoms with Gasteiger partial charge in [0.15, 0.2) is 0 Å². The lowest BCUT2D eigenvalue weighted by Gasteiger charge is -2.05. The van der Waals surface area contributed by atoms with Crippen molar-refractivity contribution >= 4 is 17.0 Å². The van der Waals surface area contributed by atoms with Gasteiger partial charge < -0.3 is 0 Å². The fourth-order valence-electron chi connectivity index (χ4n) is 1.51. The highest BCUT2D eigenvalue weighted by atomic mass is 16.1. The summed E-state index contributed by atoms with van der Waals surface area (Å²) in [5.74, 6) is 0. The van der Waals surface area contributed by atoms with E-state index in [9.17, 15) is 4.79 Å². The van der Waals surface area contributed by atoms with E-state index >= 15 is 0 Å². The molecule has 3 heteroatoms. The van der Waals surface area contributed by atoms with Gasteiger partial charge in [0.05, 0.1) is 11.6 Å². The first-order valence-electron chi connectivity index (χ1n) is 4.73. The molecule has 0 saturated carbocycles. The zero-order valence-corrected chi connectivity index (χ0v) is 8.34. The van der Waals surface area contributed by atoms with E-state index in [1.165, 1.54) is 0 Å². The van der Waals surface area contributed by atoms with Gasteiger partial charge in [-0.1, -0.05) is 12.1 Å². The largest absolute Gasteiger partial charge is 0.256 e. The van der Waals surface area contributed by atoms with Gasteiger partial charge in [-0.15, -0.1) is 0 Å². The fraction of sp³-hybridized carbons (Fsp3) is 0.167. The van der Waals surface area contributed by atoms with Crippen LogP contribution in [-0.4, -0.2) is 11.1 Å². The second-order valence-corrected chi connectivity index (χ2v) is 3.35. The molecule has 0 aliphatic heterocycles. The first kappa shape index (κ1) is 9.56. The summed E-state index contributed by atoms with van der Waals surface area (Å²) in [6.07, 6.45) is 3.33. The van der Waals surface area contributed by atoms with E-state index < -0.39 is 0 Å². The molecule has 1 unspecified atom stereocenters. The van der Waals surface area contributed by atoms with Crippen LogP contribution in [-0.2, 0) is 4.79 Å². The predicted molar refractivity (Wildman–Crippen MR) is 58.3 cm³/mol. The predicted octanol–water partition coefficient (Wildman–Crippen LogP) is 2.63. The van der Waals surface area contributed by atoms with Crippen LogP contribution in [0.15, 0.2) is 41.5 Å². The molecule has 74 valence electrons. The second kappa shape index (κ2) is 4.03. The number of nitrogens with zero attached hydrogens (tertiary/aromatic N) is 2. The lowest BCUT2D eigenvalue weighted by Crippen LogP contribution is -1.89. The molecule has 0 aliphatic rings. The molecule has 1 atom stereocenters. The Hall–Kier alpha value is -1.99. The number of benzene rings is 1. The van der Waals surface area contributed by atoms with E-state index in [0.29, 0.717) is 0 Å². The van der Waals surface area contributed by atoms with Crippen LogP contribution in [0.3, 0.4) is 0 Å². The smallest absolute Gasteiger partial charge is 0.235 e. The molecule has 1 aromatic heterocycles. The van der Waals surface area contributed by atoms with Gasteiger partial charge in [0.1, 0.15) is 0 Å². The van der Waals surface area contributed by atoms with E-state index in [1.54, 1.807) is 12.3 Å². The summed E-state index contributed by atoms with van der Waals surface area (Å²) >= 11 is 0. The molecular formula is C12H10N2O. The summed E-state index contributed by atoms with van der Waals surface area (Å²) in [6, 6.07) is 9.59. The van der Waals surface area contributed by atoms with E-state index in [4.69, 9.17) is 0 Å². The molecular weight excluding hydrogens is 188 g/mol. The first-order valence-corrected chi connectivity index (χ1v) is 4.73. The van der Waals surface area contributed by atoms with E-state index in [2.05, 4.69) is 9.98 Å². The Labute approximate surface area is 87.5 Å². The van der Waals surface area contributed by atoms with Gasteiger partial charge in [0.2, 0.25) is 6.08 Å². The zero-order chi connectivity index (χ0) is 10.7. The van der Waals surface area contributed by atoms with Crippen molar-refractivity contribution in [2.24, 2.45) is 4.99 Å². The molecule has 1 heterocycles. The zero-order valence-electron chi connectivity index (χ0n) is 8.34. The first-order chi connectivity index (χ1) is 7.31. The minimum atomic E-state index is -0.146. The van der Waals surface area contributed by atoms with Gasteiger partial charge >= 0.3 is 0 Å². The molecule has 0 radical (unpaired) electrons. The maximum atomic E-state index is 10.1. The maximum absolute atomic E-state index is 10.1. The number of rotatable bonds is 2. The van der Waals surface area contributed by atoms with Gasteiger partial charge in [0, 0.05) is 11.6 Å². The minimum absolute atomic E-state index is 0.146. The standard InChI is InChI=1S/C12H10N2O/c1-9(14-8-15)10-4-5-12-11(7-10)3-2-6-13-12/h2-7,9H,1H3. The van der Waals surface area contributed by atoms with Gasteiger partial charge in [-0.2, -0.15) is 4.99 Å². The average Bonchev–Trinajstić information content (AvgIpc) is 2.29. The Morgan fingerprint density at radius 3 is 3.07 bits per heavy atom. The molecule has 0 N–H and O–H groups in total. The third-order valence-electron chi connectivity index (χ3n) is 2.36. The molecule has 15 heavy (non-hydrogen) atoms. The van der Waals surface area contributed by atoms with Crippen LogP contribution >= 0.6 is 0 Å². The lowest BCUT2D eigenvalue weighted by molar-refractivity contribution is 0.559. The normalized spacial score (nSPS) is 12.1. The van der Waals surface area contributed by atoms with Crippen molar-refractivity contribution in [2.45, 2.75) is 13.0 Å². The summed E-state index contributed by atoms with van der Waals surface area (Å²) in [7, 11) is 0. The van der Waals surface area contributed by atoms with Gasteiger partial charge in [0.25, 0.3) is 0 Å². The van der Waals surface area contributed by atoms with E-state index in [1.807, 2.05) is 37.3 Å². The third kappa shape index (κ3) is 1.92. The lowest BCUT2D eigenvalue weighted by atomic mass is 10.1. The topological polar surface area (TPSA) is 42.3 Å². The molecule has 0 saturated heterocycles. The maximum Gasteiger partial charge on any atom is 0.235 e. The van der Waals surface area contributed by atoms with Crippen molar-refractivity contribution in [3.8, 4) is 0 Å². The van der Waals surface area contributed by atoms with Crippen LogP contribution in [0.5, 0.6) is 0 Å². The Balaban J connectivity index is 2.51. The van der Waals surface area contributed by atoms with Crippen molar-refractivity contribution in [3.63, 3.8) is 0 Å². The highest BCUT2D eigenvalue weighted by Gasteiger charge is 2.03. The minimum Gasteiger partial charge on any atom is -0.256 e. The quantitative estimate of drug-likeness (QED) is 0.550. The van der Waals surface area contributed by atoms with Crippen molar-refractivity contribution in [2.75, 3.05) is 0 Å². The van der Waals surface area contributed by atoms with Crippen LogP contribution in [0, 0.1) is 0 Å². The summed E-state index contributed by atoms with van der Waals surface area (Å²) in [4.78, 5) is 18.0. The number of isocyanates is 1. The number of carbonyl (C=O) groups excluding carboxylic acids is 1. The van der Waals surface area contributed by atoms with Crippen LogP contribution in [0.1, 0.15) is 18.5 Å². The molecule has 0 aliphatic carbocycles. The molecule has 0 fully saturated rings. The van der Waals surface area contributed by atoms with Crippen molar-refractivity contribution in [1.82, 2.24) is 4.98 Å². The van der Waals surface area contributed by atoms with Crippen LogP contribution in [0.4, 0.5) is 0 Å². The van der Waals surface area contributed by atoms with Gasteiger partial charge in [-0.3, -0.25) is 4.98 Å².